The molecule has 1 heterocycles. The summed E-state index contributed by atoms with van der Waals surface area (Å²) in [6, 6.07) is 9.79. The molecule has 1 aromatic carbocycles. The highest BCUT2D eigenvalue weighted by atomic mass is 35.5. The van der Waals surface area contributed by atoms with E-state index in [1.165, 1.54) is 5.56 Å². The number of aromatic nitrogens is 1. The van der Waals surface area contributed by atoms with E-state index in [2.05, 4.69) is 11.9 Å². The van der Waals surface area contributed by atoms with Crippen LogP contribution in [-0.2, 0) is 17.8 Å². The smallest absolute Gasteiger partial charge is 0.213 e. The molecule has 3 nitrogen and oxygen atoms in total. The van der Waals surface area contributed by atoms with Crippen LogP contribution in [0.4, 0.5) is 0 Å². The predicted molar refractivity (Wildman–Crippen MR) is 84.9 cm³/mol. The van der Waals surface area contributed by atoms with E-state index in [1.807, 2.05) is 43.5 Å². The van der Waals surface area contributed by atoms with Crippen LogP contribution in [0.3, 0.4) is 0 Å². The van der Waals surface area contributed by atoms with Crippen molar-refractivity contribution in [3.8, 4) is 5.88 Å². The first kappa shape index (κ1) is 15.8. The van der Waals surface area contributed by atoms with Gasteiger partial charge in [-0.05, 0) is 49.1 Å². The Morgan fingerprint density at radius 1 is 1.24 bits per heavy atom. The fraction of sp³-hybridized carbons (Fsp3) is 0.353. The molecule has 1 aromatic heterocycles. The second-order valence-electron chi connectivity index (χ2n) is 5.11. The van der Waals surface area contributed by atoms with Crippen LogP contribution in [0.25, 0.3) is 0 Å². The summed E-state index contributed by atoms with van der Waals surface area (Å²) in [7, 11) is 1.62. The lowest BCUT2D eigenvalue weighted by Crippen LogP contribution is -2.12. The number of nitrogens with zero attached hydrogens (tertiary/aromatic N) is 1. The van der Waals surface area contributed by atoms with E-state index >= 15 is 0 Å². The molecule has 2 aromatic rings. The predicted octanol–water partition coefficient (Wildman–Crippen LogP) is 4.20. The van der Waals surface area contributed by atoms with Crippen molar-refractivity contribution in [1.29, 1.82) is 0 Å². The first-order valence-electron chi connectivity index (χ1n) is 6.94. The standard InChI is InChI=1S/C17H20ClNO2/c1-12-8-17(20-3)19-10-15(12)11-21-13(2)9-14-4-6-16(18)7-5-14/h4-8,10,13H,9,11H2,1-3H3. The summed E-state index contributed by atoms with van der Waals surface area (Å²) >= 11 is 5.88. The van der Waals surface area contributed by atoms with Crippen molar-refractivity contribution in [2.75, 3.05) is 7.11 Å². The molecule has 2 rings (SSSR count). The van der Waals surface area contributed by atoms with Gasteiger partial charge in [-0.1, -0.05) is 23.7 Å². The lowest BCUT2D eigenvalue weighted by molar-refractivity contribution is 0.0530. The second-order valence-corrected chi connectivity index (χ2v) is 5.54. The Hall–Kier alpha value is -1.58. The van der Waals surface area contributed by atoms with Gasteiger partial charge >= 0.3 is 0 Å². The number of halogens is 1. The van der Waals surface area contributed by atoms with Crippen molar-refractivity contribution in [2.24, 2.45) is 0 Å². The third-order valence-corrected chi connectivity index (χ3v) is 3.62. The molecule has 0 spiro atoms. The van der Waals surface area contributed by atoms with E-state index < -0.39 is 0 Å². The Labute approximate surface area is 130 Å². The zero-order valence-electron chi connectivity index (χ0n) is 12.6. The molecule has 0 radical (unpaired) electrons. The number of hydrogen-bond donors (Lipinski definition) is 0. The molecule has 0 N–H and O–H groups in total. The number of aryl methyl sites for hydroxylation is 1. The van der Waals surface area contributed by atoms with Crippen LogP contribution in [0.2, 0.25) is 5.02 Å². The number of benzene rings is 1. The minimum absolute atomic E-state index is 0.132. The summed E-state index contributed by atoms with van der Waals surface area (Å²) in [6.07, 6.45) is 2.80. The Balaban J connectivity index is 1.89. The van der Waals surface area contributed by atoms with Crippen LogP contribution in [0.1, 0.15) is 23.6 Å². The van der Waals surface area contributed by atoms with Gasteiger partial charge in [-0.2, -0.15) is 0 Å². The van der Waals surface area contributed by atoms with E-state index in [0.29, 0.717) is 12.5 Å². The highest BCUT2D eigenvalue weighted by Crippen LogP contribution is 2.16. The summed E-state index contributed by atoms with van der Waals surface area (Å²) in [5.74, 6) is 0.630. The minimum Gasteiger partial charge on any atom is -0.481 e. The molecule has 1 atom stereocenters. The molecule has 0 aliphatic heterocycles. The molecule has 112 valence electrons. The maximum atomic E-state index is 5.90. The minimum atomic E-state index is 0.132. The molecule has 0 bridgehead atoms. The van der Waals surface area contributed by atoms with Crippen LogP contribution in [0.15, 0.2) is 36.5 Å². The Kier molecular flexibility index (Phi) is 5.59. The van der Waals surface area contributed by atoms with Crippen molar-refractivity contribution < 1.29 is 9.47 Å². The number of rotatable bonds is 6. The average molecular weight is 306 g/mol. The fourth-order valence-corrected chi connectivity index (χ4v) is 2.19. The van der Waals surface area contributed by atoms with E-state index in [9.17, 15) is 0 Å². The Morgan fingerprint density at radius 3 is 2.57 bits per heavy atom. The maximum absolute atomic E-state index is 5.90. The van der Waals surface area contributed by atoms with Crippen LogP contribution in [-0.4, -0.2) is 18.2 Å². The normalized spacial score (nSPS) is 12.2. The average Bonchev–Trinajstić information content (AvgIpc) is 2.48. The molecule has 0 saturated heterocycles. The van der Waals surface area contributed by atoms with Crippen LogP contribution >= 0.6 is 11.6 Å². The zero-order chi connectivity index (χ0) is 15.2. The van der Waals surface area contributed by atoms with Crippen LogP contribution < -0.4 is 4.74 Å². The van der Waals surface area contributed by atoms with Gasteiger partial charge in [0.2, 0.25) is 5.88 Å². The molecule has 0 aliphatic carbocycles. The zero-order valence-corrected chi connectivity index (χ0v) is 13.4. The lowest BCUT2D eigenvalue weighted by atomic mass is 10.1. The first-order chi connectivity index (χ1) is 10.1. The summed E-state index contributed by atoms with van der Waals surface area (Å²) < 4.78 is 11.0. The van der Waals surface area contributed by atoms with Crippen molar-refractivity contribution in [1.82, 2.24) is 4.98 Å². The van der Waals surface area contributed by atoms with Crippen molar-refractivity contribution >= 4 is 11.6 Å². The van der Waals surface area contributed by atoms with Gasteiger partial charge in [0.05, 0.1) is 19.8 Å². The molecule has 0 saturated carbocycles. The third kappa shape index (κ3) is 4.73. The summed E-state index contributed by atoms with van der Waals surface area (Å²) in [6.45, 7) is 4.66. The van der Waals surface area contributed by atoms with E-state index in [1.54, 1.807) is 7.11 Å². The highest BCUT2D eigenvalue weighted by molar-refractivity contribution is 6.30. The van der Waals surface area contributed by atoms with Gasteiger partial charge in [0.1, 0.15) is 0 Å². The topological polar surface area (TPSA) is 31.4 Å². The van der Waals surface area contributed by atoms with Gasteiger partial charge in [0.15, 0.2) is 0 Å². The number of ether oxygens (including phenoxy) is 2. The SMILES string of the molecule is COc1cc(C)c(COC(C)Cc2ccc(Cl)cc2)cn1. The largest absolute Gasteiger partial charge is 0.481 e. The molecule has 1 unspecified atom stereocenters. The Morgan fingerprint density at radius 2 is 1.95 bits per heavy atom. The molecule has 0 aliphatic rings. The van der Waals surface area contributed by atoms with Gasteiger partial charge in [0, 0.05) is 17.3 Å². The summed E-state index contributed by atoms with van der Waals surface area (Å²) in [5, 5.41) is 0.757. The van der Waals surface area contributed by atoms with Crippen LogP contribution in [0, 0.1) is 6.92 Å². The highest BCUT2D eigenvalue weighted by Gasteiger charge is 2.07. The summed E-state index contributed by atoms with van der Waals surface area (Å²) in [5.41, 5.74) is 3.43. The molecule has 0 fully saturated rings. The molecule has 0 amide bonds. The van der Waals surface area contributed by atoms with Crippen molar-refractivity contribution in [3.63, 3.8) is 0 Å². The molecular weight excluding hydrogens is 286 g/mol. The monoisotopic (exact) mass is 305 g/mol. The maximum Gasteiger partial charge on any atom is 0.213 e. The summed E-state index contributed by atoms with van der Waals surface area (Å²) in [4.78, 5) is 4.21. The fourth-order valence-electron chi connectivity index (χ4n) is 2.06. The van der Waals surface area contributed by atoms with Crippen molar-refractivity contribution in [3.05, 3.63) is 58.2 Å². The quantitative estimate of drug-likeness (QED) is 0.801. The number of methoxy groups -OCH3 is 1. The van der Waals surface area contributed by atoms with Gasteiger partial charge < -0.3 is 9.47 Å². The van der Waals surface area contributed by atoms with E-state index in [0.717, 1.165) is 22.6 Å². The van der Waals surface area contributed by atoms with Gasteiger partial charge in [-0.15, -0.1) is 0 Å². The third-order valence-electron chi connectivity index (χ3n) is 3.36. The number of pyridine rings is 1. The van der Waals surface area contributed by atoms with E-state index in [-0.39, 0.29) is 6.10 Å². The lowest BCUT2D eigenvalue weighted by Gasteiger charge is -2.14. The number of hydrogen-bond acceptors (Lipinski definition) is 3. The molecule has 4 heteroatoms. The Bertz CT molecular complexity index is 584. The van der Waals surface area contributed by atoms with Crippen LogP contribution in [0.5, 0.6) is 5.88 Å². The van der Waals surface area contributed by atoms with E-state index in [4.69, 9.17) is 21.1 Å². The molecular formula is C17H20ClNO2. The second kappa shape index (κ2) is 7.43. The first-order valence-corrected chi connectivity index (χ1v) is 7.32. The molecule has 21 heavy (non-hydrogen) atoms. The van der Waals surface area contributed by atoms with Gasteiger partial charge in [-0.25, -0.2) is 4.98 Å². The van der Waals surface area contributed by atoms with Crippen molar-refractivity contribution in [2.45, 2.75) is 33.0 Å². The van der Waals surface area contributed by atoms with Gasteiger partial charge in [-0.3, -0.25) is 0 Å². The van der Waals surface area contributed by atoms with Gasteiger partial charge in [0.25, 0.3) is 0 Å².